The second-order valence-corrected chi connectivity index (χ2v) is 9.45. The minimum Gasteiger partial charge on any atom is -0.364 e. The largest absolute Gasteiger partial charge is 0.364 e. The number of allylic oxidation sites excluding steroid dienone is 5. The van der Waals surface area contributed by atoms with E-state index in [0.29, 0.717) is 0 Å². The average Bonchev–Trinajstić information content (AvgIpc) is 3.10. The van der Waals surface area contributed by atoms with E-state index in [9.17, 15) is 1.37 Å². The Bertz CT molecular complexity index is 1090. The van der Waals surface area contributed by atoms with Crippen molar-refractivity contribution < 1.29 is 1.37 Å². The van der Waals surface area contributed by atoms with E-state index in [1.54, 1.807) is 0 Å². The molecule has 2 aromatic carbocycles. The van der Waals surface area contributed by atoms with Gasteiger partial charge >= 0.3 is 0 Å². The quantitative estimate of drug-likeness (QED) is 0.488. The number of fused-ring (bicyclic) bond motifs is 2. The van der Waals surface area contributed by atoms with E-state index in [2.05, 4.69) is 124 Å². The van der Waals surface area contributed by atoms with Crippen LogP contribution in [0.25, 0.3) is 0 Å². The lowest BCUT2D eigenvalue weighted by Gasteiger charge is -2.31. The minimum absolute atomic E-state index is 0.0224. The fourth-order valence-corrected chi connectivity index (χ4v) is 5.32. The number of benzene rings is 2. The lowest BCUT2D eigenvalue weighted by atomic mass is 9.80. The van der Waals surface area contributed by atoms with Gasteiger partial charge in [-0.2, -0.15) is 0 Å². The van der Waals surface area contributed by atoms with E-state index < -0.39 is 6.02 Å². The molecule has 2 heterocycles. The molecule has 0 amide bonds. The van der Waals surface area contributed by atoms with Gasteiger partial charge in [-0.15, -0.1) is 0 Å². The third-order valence-corrected chi connectivity index (χ3v) is 6.96. The molecule has 0 aliphatic carbocycles. The first kappa shape index (κ1) is 20.2. The smallest absolute Gasteiger partial charge is 0.0584 e. The Labute approximate surface area is 190 Å². The van der Waals surface area contributed by atoms with Gasteiger partial charge in [-0.05, 0) is 43.2 Å². The Morgan fingerprint density at radius 2 is 1.48 bits per heavy atom. The Morgan fingerprint density at radius 3 is 2.16 bits per heavy atom. The average molecular weight is 414 g/mol. The maximum Gasteiger partial charge on any atom is 0.0584 e. The van der Waals surface area contributed by atoms with Gasteiger partial charge in [0.15, 0.2) is 0 Å². The molecule has 2 nitrogen and oxygen atoms in total. The standard InChI is InChI=1S/C29H36N2/c1-7-30-24-18-14-12-16-22(24)28(3,4)26(30)20-10-9-11-21-27-29(5,6)23-17-13-15-19-25(23)31(27)8-2/h9-21,26H,7-8H2,1-6H3/b11-9+,20-10+,27-21+/i26D. The molecule has 2 aromatic rings. The number of likely N-dealkylation sites (N-methyl/N-ethyl adjacent to an activating group) is 2. The highest BCUT2D eigenvalue weighted by molar-refractivity contribution is 5.70. The van der Waals surface area contributed by atoms with Crippen molar-refractivity contribution in [1.29, 1.82) is 0 Å². The molecule has 0 saturated carbocycles. The molecule has 2 aliphatic heterocycles. The molecule has 4 rings (SSSR count). The molecule has 2 aliphatic rings. The van der Waals surface area contributed by atoms with E-state index in [1.807, 2.05) is 6.08 Å². The summed E-state index contributed by atoms with van der Waals surface area (Å²) in [6.07, 6.45) is 10.5. The number of nitrogens with zero attached hydrogens (tertiary/aromatic N) is 2. The van der Waals surface area contributed by atoms with Crippen LogP contribution in [-0.2, 0) is 10.8 Å². The number of rotatable bonds is 5. The Balaban J connectivity index is 1.61. The fraction of sp³-hybridized carbons (Fsp3) is 0.379. The van der Waals surface area contributed by atoms with Gasteiger partial charge in [0.2, 0.25) is 0 Å². The van der Waals surface area contributed by atoms with E-state index in [-0.39, 0.29) is 10.8 Å². The van der Waals surface area contributed by atoms with E-state index in [4.69, 9.17) is 0 Å². The zero-order chi connectivity index (χ0) is 23.1. The van der Waals surface area contributed by atoms with Crippen LogP contribution in [0.2, 0.25) is 0 Å². The van der Waals surface area contributed by atoms with Gasteiger partial charge in [0, 0.05) is 41.0 Å². The highest BCUT2D eigenvalue weighted by atomic mass is 15.2. The molecular formula is C29H36N2. The normalized spacial score (nSPS) is 25.5. The summed E-state index contributed by atoms with van der Waals surface area (Å²) in [6.45, 7) is 15.1. The summed E-state index contributed by atoms with van der Waals surface area (Å²) in [5.41, 5.74) is 6.11. The molecule has 0 fully saturated rings. The fourth-order valence-electron chi connectivity index (χ4n) is 5.32. The molecule has 0 saturated heterocycles. The van der Waals surface area contributed by atoms with Crippen molar-refractivity contribution >= 4 is 11.4 Å². The van der Waals surface area contributed by atoms with Crippen LogP contribution in [0.4, 0.5) is 11.4 Å². The molecule has 1 atom stereocenters. The summed E-state index contributed by atoms with van der Waals surface area (Å²) >= 11 is 0. The molecule has 0 radical (unpaired) electrons. The molecule has 0 bridgehead atoms. The van der Waals surface area contributed by atoms with Gasteiger partial charge in [0.1, 0.15) is 0 Å². The van der Waals surface area contributed by atoms with Crippen LogP contribution in [0.15, 0.2) is 84.6 Å². The number of para-hydroxylation sites is 2. The summed E-state index contributed by atoms with van der Waals surface area (Å²) in [7, 11) is 0. The van der Waals surface area contributed by atoms with Gasteiger partial charge in [-0.3, -0.25) is 0 Å². The molecule has 0 spiro atoms. The second kappa shape index (κ2) is 8.07. The highest BCUT2D eigenvalue weighted by Gasteiger charge is 2.42. The van der Waals surface area contributed by atoms with Crippen LogP contribution in [0.5, 0.6) is 0 Å². The third kappa shape index (κ3) is 3.43. The summed E-state index contributed by atoms with van der Waals surface area (Å²) in [6, 6.07) is 16.3. The first-order valence-electron chi connectivity index (χ1n) is 12.0. The molecule has 0 N–H and O–H groups in total. The molecule has 31 heavy (non-hydrogen) atoms. The van der Waals surface area contributed by atoms with Gasteiger partial charge in [-0.25, -0.2) is 0 Å². The van der Waals surface area contributed by atoms with Gasteiger partial charge < -0.3 is 9.80 Å². The summed E-state index contributed by atoms with van der Waals surface area (Å²) in [5.74, 6) is 0. The van der Waals surface area contributed by atoms with E-state index >= 15 is 0 Å². The summed E-state index contributed by atoms with van der Waals surface area (Å²) in [5, 5.41) is 0. The van der Waals surface area contributed by atoms with Crippen molar-refractivity contribution in [3.8, 4) is 0 Å². The highest BCUT2D eigenvalue weighted by Crippen LogP contribution is 2.47. The topological polar surface area (TPSA) is 6.48 Å². The summed E-state index contributed by atoms with van der Waals surface area (Å²) in [4.78, 5) is 4.62. The first-order valence-corrected chi connectivity index (χ1v) is 11.5. The molecule has 0 aromatic heterocycles. The van der Waals surface area contributed by atoms with Gasteiger partial charge in [0.05, 0.1) is 7.39 Å². The van der Waals surface area contributed by atoms with Crippen LogP contribution >= 0.6 is 0 Å². The van der Waals surface area contributed by atoms with Gasteiger partial charge in [-0.1, -0.05) is 88.4 Å². The number of anilines is 2. The number of hydrogen-bond acceptors (Lipinski definition) is 2. The maximum atomic E-state index is 9.42. The third-order valence-electron chi connectivity index (χ3n) is 6.96. The van der Waals surface area contributed by atoms with Crippen LogP contribution in [0, 0.1) is 0 Å². The van der Waals surface area contributed by atoms with Crippen molar-refractivity contribution in [3.63, 3.8) is 0 Å². The van der Waals surface area contributed by atoms with Crippen LogP contribution in [-0.4, -0.2) is 19.1 Å². The van der Waals surface area contributed by atoms with Crippen molar-refractivity contribution in [2.75, 3.05) is 22.9 Å². The molecule has 162 valence electrons. The van der Waals surface area contributed by atoms with Crippen molar-refractivity contribution in [2.24, 2.45) is 0 Å². The van der Waals surface area contributed by atoms with Crippen LogP contribution in [0.1, 0.15) is 54.0 Å². The second-order valence-electron chi connectivity index (χ2n) is 9.45. The monoisotopic (exact) mass is 413 g/mol. The molecule has 2 heteroatoms. The van der Waals surface area contributed by atoms with Crippen molar-refractivity contribution in [2.45, 2.75) is 58.4 Å². The minimum atomic E-state index is -0.818. The zero-order valence-electron chi connectivity index (χ0n) is 20.8. The lowest BCUT2D eigenvalue weighted by molar-refractivity contribution is 0.478. The SMILES string of the molecule is [2H]C1(/C=C/C=C/C=C2/N(CC)c3ccccc3C2(C)C)N(CC)c2ccccc2C1(C)C. The van der Waals surface area contributed by atoms with Crippen LogP contribution < -0.4 is 9.80 Å². The van der Waals surface area contributed by atoms with Crippen LogP contribution in [0.3, 0.4) is 0 Å². The van der Waals surface area contributed by atoms with Gasteiger partial charge in [0.25, 0.3) is 0 Å². The first-order chi connectivity index (χ1) is 15.2. The maximum absolute atomic E-state index is 9.42. The Hall–Kier alpha value is -2.74. The zero-order valence-corrected chi connectivity index (χ0v) is 19.8. The Kier molecular flexibility index (Phi) is 5.25. The molecule has 1 unspecified atom stereocenters. The summed E-state index contributed by atoms with van der Waals surface area (Å²) < 4.78 is 9.42. The van der Waals surface area contributed by atoms with Crippen molar-refractivity contribution in [1.82, 2.24) is 0 Å². The predicted molar refractivity (Wildman–Crippen MR) is 135 cm³/mol. The lowest BCUT2D eigenvalue weighted by Crippen LogP contribution is -2.39. The van der Waals surface area contributed by atoms with Crippen molar-refractivity contribution in [3.05, 3.63) is 95.7 Å². The predicted octanol–water partition coefficient (Wildman–Crippen LogP) is 6.99. The number of hydrogen-bond donors (Lipinski definition) is 0. The van der Waals surface area contributed by atoms with E-state index in [0.717, 1.165) is 13.1 Å². The molecular weight excluding hydrogens is 376 g/mol. The Morgan fingerprint density at radius 1 is 0.839 bits per heavy atom. The van der Waals surface area contributed by atoms with E-state index in [1.165, 1.54) is 28.2 Å².